The van der Waals surface area contributed by atoms with Crippen LogP contribution in [-0.2, 0) is 0 Å². The molecule has 0 saturated heterocycles. The molecule has 0 heterocycles. The predicted octanol–water partition coefficient (Wildman–Crippen LogP) is 9.11. The molecule has 3 aromatic carbocycles. The Hall–Kier alpha value is -2.34. The molecule has 0 N–H and O–H groups in total. The van der Waals surface area contributed by atoms with Gasteiger partial charge in [0, 0.05) is 0 Å². The maximum Gasteiger partial charge on any atom is -0.0156 e. The molecule has 0 fully saturated rings. The number of hydrogen-bond acceptors (Lipinski definition) is 0. The number of benzene rings is 3. The molecule has 0 saturated carbocycles. The summed E-state index contributed by atoms with van der Waals surface area (Å²) >= 11 is 0. The molecule has 0 radical (unpaired) electrons. The molecule has 158 valence electrons. The van der Waals surface area contributed by atoms with Gasteiger partial charge < -0.3 is 0 Å². The van der Waals surface area contributed by atoms with Crippen molar-refractivity contribution in [2.75, 3.05) is 0 Å². The van der Waals surface area contributed by atoms with Crippen LogP contribution in [-0.4, -0.2) is 0 Å². The van der Waals surface area contributed by atoms with Gasteiger partial charge in [-0.25, -0.2) is 0 Å². The number of rotatable bonds is 12. The Bertz CT molecular complexity index is 806. The first-order chi connectivity index (χ1) is 14.8. The standard InChI is InChI=1S/C30H38/c1-3-15-29(27-18-10-6-11-19-27)24-30(28-20-12-7-13-21-28)23-14-22-25(4-2)26-16-8-5-9-17-26/h5-13,16-21,25,29-30H,3-4,14-15,22-24H2,1-2H3. The van der Waals surface area contributed by atoms with Gasteiger partial charge in [-0.15, -0.1) is 0 Å². The van der Waals surface area contributed by atoms with Crippen molar-refractivity contribution < 1.29 is 0 Å². The quantitative estimate of drug-likeness (QED) is 0.285. The van der Waals surface area contributed by atoms with Crippen LogP contribution in [0, 0.1) is 0 Å². The highest BCUT2D eigenvalue weighted by molar-refractivity contribution is 5.24. The van der Waals surface area contributed by atoms with Gasteiger partial charge in [0.25, 0.3) is 0 Å². The molecule has 30 heavy (non-hydrogen) atoms. The van der Waals surface area contributed by atoms with Gasteiger partial charge in [-0.3, -0.25) is 0 Å². The molecule has 3 unspecified atom stereocenters. The van der Waals surface area contributed by atoms with E-state index >= 15 is 0 Å². The van der Waals surface area contributed by atoms with Crippen LogP contribution < -0.4 is 0 Å². The first-order valence-corrected chi connectivity index (χ1v) is 12.0. The second-order valence-corrected chi connectivity index (χ2v) is 8.69. The van der Waals surface area contributed by atoms with Crippen molar-refractivity contribution in [1.82, 2.24) is 0 Å². The highest BCUT2D eigenvalue weighted by Crippen LogP contribution is 2.37. The SMILES string of the molecule is CCCC(CC(CCCC(CC)c1ccccc1)c1ccccc1)c1ccccc1. The summed E-state index contributed by atoms with van der Waals surface area (Å²) in [5.41, 5.74) is 4.53. The van der Waals surface area contributed by atoms with Crippen molar-refractivity contribution in [1.29, 1.82) is 0 Å². The van der Waals surface area contributed by atoms with Crippen LogP contribution in [0.1, 0.15) is 93.2 Å². The van der Waals surface area contributed by atoms with Crippen LogP contribution >= 0.6 is 0 Å². The molecule has 0 aromatic heterocycles. The Morgan fingerprint density at radius 2 is 0.900 bits per heavy atom. The van der Waals surface area contributed by atoms with Gasteiger partial charge in [-0.05, 0) is 66.5 Å². The summed E-state index contributed by atoms with van der Waals surface area (Å²) in [5, 5.41) is 0. The van der Waals surface area contributed by atoms with Crippen molar-refractivity contribution >= 4 is 0 Å². The molecule has 0 nitrogen and oxygen atoms in total. The van der Waals surface area contributed by atoms with Gasteiger partial charge in [0.15, 0.2) is 0 Å². The lowest BCUT2D eigenvalue weighted by atomic mass is 9.79. The molecule has 3 rings (SSSR count). The van der Waals surface area contributed by atoms with E-state index in [0.717, 1.165) is 0 Å². The summed E-state index contributed by atoms with van der Waals surface area (Å²) in [5.74, 6) is 1.97. The minimum Gasteiger partial charge on any atom is -0.0654 e. The summed E-state index contributed by atoms with van der Waals surface area (Å²) in [7, 11) is 0. The fourth-order valence-corrected chi connectivity index (χ4v) is 4.93. The zero-order chi connectivity index (χ0) is 21.0. The second-order valence-electron chi connectivity index (χ2n) is 8.69. The van der Waals surface area contributed by atoms with E-state index in [1.54, 1.807) is 0 Å². The van der Waals surface area contributed by atoms with E-state index in [1.807, 2.05) is 0 Å². The van der Waals surface area contributed by atoms with E-state index < -0.39 is 0 Å². The largest absolute Gasteiger partial charge is 0.0654 e. The maximum absolute atomic E-state index is 2.34. The van der Waals surface area contributed by atoms with E-state index in [4.69, 9.17) is 0 Å². The zero-order valence-corrected chi connectivity index (χ0v) is 18.8. The molecule has 0 amide bonds. The van der Waals surface area contributed by atoms with Gasteiger partial charge in [0.05, 0.1) is 0 Å². The first-order valence-electron chi connectivity index (χ1n) is 12.0. The second kappa shape index (κ2) is 12.4. The minimum atomic E-state index is 0.635. The molecule has 0 aliphatic carbocycles. The van der Waals surface area contributed by atoms with Crippen molar-refractivity contribution in [3.05, 3.63) is 108 Å². The zero-order valence-electron chi connectivity index (χ0n) is 18.8. The maximum atomic E-state index is 2.34. The van der Waals surface area contributed by atoms with Gasteiger partial charge in [0.1, 0.15) is 0 Å². The fourth-order valence-electron chi connectivity index (χ4n) is 4.93. The van der Waals surface area contributed by atoms with Crippen molar-refractivity contribution in [2.45, 2.75) is 76.5 Å². The summed E-state index contributed by atoms with van der Waals surface area (Å²) in [6.07, 6.45) is 8.85. The highest BCUT2D eigenvalue weighted by atomic mass is 14.2. The first kappa shape index (κ1) is 22.3. The molecule has 0 spiro atoms. The number of hydrogen-bond donors (Lipinski definition) is 0. The Balaban J connectivity index is 1.69. The minimum absolute atomic E-state index is 0.635. The van der Waals surface area contributed by atoms with Crippen LogP contribution in [0.5, 0.6) is 0 Å². The van der Waals surface area contributed by atoms with Crippen molar-refractivity contribution in [2.24, 2.45) is 0 Å². The lowest BCUT2D eigenvalue weighted by molar-refractivity contribution is 0.449. The summed E-state index contributed by atoms with van der Waals surface area (Å²) in [6.45, 7) is 4.65. The third-order valence-electron chi connectivity index (χ3n) is 6.62. The normalized spacial score (nSPS) is 14.2. The topological polar surface area (TPSA) is 0 Å². The van der Waals surface area contributed by atoms with Gasteiger partial charge >= 0.3 is 0 Å². The predicted molar refractivity (Wildman–Crippen MR) is 131 cm³/mol. The van der Waals surface area contributed by atoms with E-state index in [2.05, 4.69) is 105 Å². The van der Waals surface area contributed by atoms with Gasteiger partial charge in [0.2, 0.25) is 0 Å². The monoisotopic (exact) mass is 398 g/mol. The van der Waals surface area contributed by atoms with Crippen molar-refractivity contribution in [3.63, 3.8) is 0 Å². The fraction of sp³-hybridized carbons (Fsp3) is 0.400. The summed E-state index contributed by atoms with van der Waals surface area (Å²) in [6, 6.07) is 33.5. The van der Waals surface area contributed by atoms with Crippen LogP contribution in [0.4, 0.5) is 0 Å². The molecular weight excluding hydrogens is 360 g/mol. The molecule has 0 bridgehead atoms. The lowest BCUT2D eigenvalue weighted by Crippen LogP contribution is -2.08. The van der Waals surface area contributed by atoms with Crippen LogP contribution in [0.3, 0.4) is 0 Å². The van der Waals surface area contributed by atoms with E-state index in [-0.39, 0.29) is 0 Å². The van der Waals surface area contributed by atoms with E-state index in [1.165, 1.54) is 61.6 Å². The molecule has 0 heteroatoms. The molecular formula is C30H38. The van der Waals surface area contributed by atoms with Gasteiger partial charge in [-0.1, -0.05) is 118 Å². The van der Waals surface area contributed by atoms with Crippen LogP contribution in [0.25, 0.3) is 0 Å². The van der Waals surface area contributed by atoms with E-state index in [0.29, 0.717) is 17.8 Å². The van der Waals surface area contributed by atoms with Crippen molar-refractivity contribution in [3.8, 4) is 0 Å². The summed E-state index contributed by atoms with van der Waals surface area (Å²) < 4.78 is 0. The average Bonchev–Trinajstić information content (AvgIpc) is 2.82. The smallest absolute Gasteiger partial charge is 0.0156 e. The third-order valence-corrected chi connectivity index (χ3v) is 6.62. The average molecular weight is 399 g/mol. The van der Waals surface area contributed by atoms with Gasteiger partial charge in [-0.2, -0.15) is 0 Å². The Morgan fingerprint density at radius 3 is 1.33 bits per heavy atom. The molecule has 3 aromatic rings. The Morgan fingerprint density at radius 1 is 0.500 bits per heavy atom. The van der Waals surface area contributed by atoms with E-state index in [9.17, 15) is 0 Å². The molecule has 0 aliphatic rings. The summed E-state index contributed by atoms with van der Waals surface area (Å²) in [4.78, 5) is 0. The lowest BCUT2D eigenvalue weighted by Gasteiger charge is -2.25. The van der Waals surface area contributed by atoms with Crippen LogP contribution in [0.2, 0.25) is 0 Å². The molecule has 0 aliphatic heterocycles. The highest BCUT2D eigenvalue weighted by Gasteiger charge is 2.20. The van der Waals surface area contributed by atoms with Crippen LogP contribution in [0.15, 0.2) is 91.0 Å². The third kappa shape index (κ3) is 6.59. The Kier molecular flexibility index (Phi) is 9.22. The molecule has 3 atom stereocenters. The Labute approximate surface area is 184 Å².